The summed E-state index contributed by atoms with van der Waals surface area (Å²) in [6, 6.07) is 0.474. The molecule has 4 heteroatoms. The Labute approximate surface area is 76.5 Å². The first kappa shape index (κ1) is 8.29. The van der Waals surface area contributed by atoms with Gasteiger partial charge in [-0.05, 0) is 19.8 Å². The van der Waals surface area contributed by atoms with E-state index in [1.807, 2.05) is 10.8 Å². The van der Waals surface area contributed by atoms with Crippen molar-refractivity contribution in [3.8, 4) is 0 Å². The van der Waals surface area contributed by atoms with Gasteiger partial charge in [0.1, 0.15) is 0 Å². The molecule has 0 N–H and O–H groups in total. The number of rotatable bonds is 3. The number of hydrogen-bond donors (Lipinski definition) is 0. The molecular formula is C9H12N2O2. The minimum atomic E-state index is -0.320. The maximum absolute atomic E-state index is 11.4. The second-order valence-electron chi connectivity index (χ2n) is 3.11. The van der Waals surface area contributed by atoms with Crippen molar-refractivity contribution >= 4 is 5.97 Å². The topological polar surface area (TPSA) is 44.1 Å². The Balaban J connectivity index is 2.18. The quantitative estimate of drug-likeness (QED) is 0.660. The summed E-state index contributed by atoms with van der Waals surface area (Å²) in [6.07, 6.45) is 5.76. The maximum Gasteiger partial charge on any atom is 0.374 e. The first-order chi connectivity index (χ1) is 6.33. The van der Waals surface area contributed by atoms with Crippen molar-refractivity contribution in [2.24, 2.45) is 0 Å². The lowest BCUT2D eigenvalue weighted by Gasteiger charge is -2.04. The van der Waals surface area contributed by atoms with E-state index in [0.29, 0.717) is 18.5 Å². The fourth-order valence-electron chi connectivity index (χ4n) is 1.31. The Bertz CT molecular complexity index is 315. The summed E-state index contributed by atoms with van der Waals surface area (Å²) in [5.74, 6) is 0.115. The molecule has 1 heterocycles. The van der Waals surface area contributed by atoms with Crippen molar-refractivity contribution in [1.82, 2.24) is 9.55 Å². The van der Waals surface area contributed by atoms with Gasteiger partial charge in [0.2, 0.25) is 5.82 Å². The molecule has 0 bridgehead atoms. The summed E-state index contributed by atoms with van der Waals surface area (Å²) in [4.78, 5) is 15.3. The Kier molecular flexibility index (Phi) is 2.04. The number of carbonyl (C=O) groups is 1. The number of hydrogen-bond acceptors (Lipinski definition) is 3. The van der Waals surface area contributed by atoms with Gasteiger partial charge in [0.05, 0.1) is 6.61 Å². The molecule has 1 aromatic heterocycles. The van der Waals surface area contributed by atoms with Crippen LogP contribution in [-0.2, 0) is 4.74 Å². The summed E-state index contributed by atoms with van der Waals surface area (Å²) < 4.78 is 6.78. The van der Waals surface area contributed by atoms with Gasteiger partial charge in [0.25, 0.3) is 0 Å². The molecule has 1 aromatic rings. The van der Waals surface area contributed by atoms with E-state index in [4.69, 9.17) is 4.74 Å². The summed E-state index contributed by atoms with van der Waals surface area (Å²) >= 11 is 0. The van der Waals surface area contributed by atoms with Crippen LogP contribution in [-0.4, -0.2) is 22.1 Å². The van der Waals surface area contributed by atoms with Gasteiger partial charge < -0.3 is 9.30 Å². The number of aromatic nitrogens is 2. The highest BCUT2D eigenvalue weighted by Crippen LogP contribution is 2.35. The van der Waals surface area contributed by atoms with E-state index < -0.39 is 0 Å². The van der Waals surface area contributed by atoms with E-state index in [-0.39, 0.29) is 5.97 Å². The monoisotopic (exact) mass is 180 g/mol. The van der Waals surface area contributed by atoms with Crippen LogP contribution in [0, 0.1) is 0 Å². The van der Waals surface area contributed by atoms with Crippen LogP contribution in [0.2, 0.25) is 0 Å². The minimum absolute atomic E-state index is 0.320. The summed E-state index contributed by atoms with van der Waals surface area (Å²) in [6.45, 7) is 2.19. The predicted octanol–water partition coefficient (Wildman–Crippen LogP) is 1.39. The minimum Gasteiger partial charge on any atom is -0.460 e. The van der Waals surface area contributed by atoms with E-state index in [0.717, 1.165) is 12.8 Å². The third-order valence-corrected chi connectivity index (χ3v) is 2.07. The van der Waals surface area contributed by atoms with Crippen molar-refractivity contribution in [3.63, 3.8) is 0 Å². The zero-order chi connectivity index (χ0) is 9.26. The molecule has 0 unspecified atom stereocenters. The molecule has 1 saturated carbocycles. The summed E-state index contributed by atoms with van der Waals surface area (Å²) in [5.41, 5.74) is 0. The number of carbonyl (C=O) groups excluding carboxylic acids is 1. The molecule has 1 fully saturated rings. The molecule has 4 nitrogen and oxygen atoms in total. The molecular weight excluding hydrogens is 168 g/mol. The van der Waals surface area contributed by atoms with Crippen molar-refractivity contribution < 1.29 is 9.53 Å². The molecule has 2 rings (SSSR count). The molecule has 1 aliphatic carbocycles. The predicted molar refractivity (Wildman–Crippen MR) is 46.5 cm³/mol. The van der Waals surface area contributed by atoms with Gasteiger partial charge in [-0.15, -0.1) is 0 Å². The van der Waals surface area contributed by atoms with Crippen molar-refractivity contribution in [1.29, 1.82) is 0 Å². The molecule has 13 heavy (non-hydrogen) atoms. The lowest BCUT2D eigenvalue weighted by atomic mass is 10.5. The average Bonchev–Trinajstić information content (AvgIpc) is 2.84. The van der Waals surface area contributed by atoms with Crippen LogP contribution in [0.3, 0.4) is 0 Å². The third-order valence-electron chi connectivity index (χ3n) is 2.07. The van der Waals surface area contributed by atoms with Gasteiger partial charge >= 0.3 is 5.97 Å². The van der Waals surface area contributed by atoms with Gasteiger partial charge in [-0.3, -0.25) is 0 Å². The highest BCUT2D eigenvalue weighted by molar-refractivity contribution is 5.85. The van der Waals surface area contributed by atoms with Gasteiger partial charge in [0.15, 0.2) is 0 Å². The lowest BCUT2D eigenvalue weighted by molar-refractivity contribution is 0.0506. The number of esters is 1. The van der Waals surface area contributed by atoms with Crippen LogP contribution >= 0.6 is 0 Å². The smallest absolute Gasteiger partial charge is 0.374 e. The van der Waals surface area contributed by atoms with Gasteiger partial charge in [-0.2, -0.15) is 0 Å². The molecule has 0 aliphatic heterocycles. The van der Waals surface area contributed by atoms with E-state index in [1.54, 1.807) is 13.1 Å². The van der Waals surface area contributed by atoms with E-state index in [2.05, 4.69) is 4.98 Å². The van der Waals surface area contributed by atoms with Crippen LogP contribution in [0.25, 0.3) is 0 Å². The molecule has 0 saturated heterocycles. The Morgan fingerprint density at radius 2 is 2.54 bits per heavy atom. The Morgan fingerprint density at radius 3 is 3.15 bits per heavy atom. The van der Waals surface area contributed by atoms with E-state index >= 15 is 0 Å². The Morgan fingerprint density at radius 1 is 1.77 bits per heavy atom. The van der Waals surface area contributed by atoms with Crippen LogP contribution in [0.15, 0.2) is 12.4 Å². The maximum atomic E-state index is 11.4. The third kappa shape index (κ3) is 1.56. The second kappa shape index (κ2) is 3.20. The molecule has 1 aliphatic rings. The standard InChI is InChI=1S/C9H12N2O2/c1-2-13-9(12)8-10-5-6-11(8)7-3-4-7/h5-7H,2-4H2,1H3. The lowest BCUT2D eigenvalue weighted by Crippen LogP contribution is -2.12. The Hall–Kier alpha value is -1.32. The number of nitrogens with zero attached hydrogens (tertiary/aromatic N) is 2. The molecule has 70 valence electrons. The number of ether oxygens (including phenoxy) is 1. The van der Waals surface area contributed by atoms with Crippen molar-refractivity contribution in [3.05, 3.63) is 18.2 Å². The first-order valence-corrected chi connectivity index (χ1v) is 4.53. The molecule has 0 radical (unpaired) electrons. The van der Waals surface area contributed by atoms with Crippen LogP contribution < -0.4 is 0 Å². The molecule has 0 spiro atoms. The highest BCUT2D eigenvalue weighted by atomic mass is 16.5. The summed E-state index contributed by atoms with van der Waals surface area (Å²) in [7, 11) is 0. The fraction of sp³-hybridized carbons (Fsp3) is 0.556. The van der Waals surface area contributed by atoms with Crippen LogP contribution in [0.1, 0.15) is 36.4 Å². The normalized spacial score (nSPS) is 15.8. The van der Waals surface area contributed by atoms with E-state index in [9.17, 15) is 4.79 Å². The van der Waals surface area contributed by atoms with Gasteiger partial charge in [0, 0.05) is 18.4 Å². The fourth-order valence-corrected chi connectivity index (χ4v) is 1.31. The highest BCUT2D eigenvalue weighted by Gasteiger charge is 2.28. The molecule has 0 atom stereocenters. The van der Waals surface area contributed by atoms with E-state index in [1.165, 1.54) is 0 Å². The molecule has 0 aromatic carbocycles. The van der Waals surface area contributed by atoms with Crippen molar-refractivity contribution in [2.45, 2.75) is 25.8 Å². The van der Waals surface area contributed by atoms with Crippen LogP contribution in [0.5, 0.6) is 0 Å². The van der Waals surface area contributed by atoms with Crippen LogP contribution in [0.4, 0.5) is 0 Å². The summed E-state index contributed by atoms with van der Waals surface area (Å²) in [5, 5.41) is 0. The SMILES string of the molecule is CCOC(=O)c1nccn1C1CC1. The van der Waals surface area contributed by atoms with Gasteiger partial charge in [-0.1, -0.05) is 0 Å². The first-order valence-electron chi connectivity index (χ1n) is 4.53. The molecule has 0 amide bonds. The largest absolute Gasteiger partial charge is 0.460 e. The number of imidazole rings is 1. The van der Waals surface area contributed by atoms with Crippen molar-refractivity contribution in [2.75, 3.05) is 6.61 Å². The average molecular weight is 180 g/mol. The van der Waals surface area contributed by atoms with Gasteiger partial charge in [-0.25, -0.2) is 9.78 Å². The zero-order valence-electron chi connectivity index (χ0n) is 7.56. The second-order valence-corrected chi connectivity index (χ2v) is 3.11. The zero-order valence-corrected chi connectivity index (χ0v) is 7.56.